The smallest absolute Gasteiger partial charge is 0.315 e. The van der Waals surface area contributed by atoms with E-state index in [1.54, 1.807) is 0 Å². The topological polar surface area (TPSA) is 77.8 Å². The maximum absolute atomic E-state index is 9.94. The van der Waals surface area contributed by atoms with Gasteiger partial charge in [-0.05, 0) is 53.3 Å². The Morgan fingerprint density at radius 3 is 1.24 bits per heavy atom. The third-order valence-electron chi connectivity index (χ3n) is 2.80. The highest BCUT2D eigenvalue weighted by molar-refractivity contribution is 14.1. The molecule has 0 spiro atoms. The van der Waals surface area contributed by atoms with Crippen LogP contribution in [0.15, 0.2) is 0 Å². The Balaban J connectivity index is -0.000000120. The van der Waals surface area contributed by atoms with Gasteiger partial charge in [-0.3, -0.25) is 4.79 Å². The van der Waals surface area contributed by atoms with Crippen LogP contribution in [0.3, 0.4) is 0 Å². The lowest BCUT2D eigenvalue weighted by Crippen LogP contribution is -1.89. The minimum absolute atomic E-state index is 0.108. The fraction of sp³-hybridized carbons (Fsp3) is 0.531. The summed E-state index contributed by atoms with van der Waals surface area (Å²) in [4.78, 5) is 9.94. The number of unbranched alkanes of at least 4 members (excludes halogenated alkanes) is 4. The molecule has 0 heterocycles. The molecule has 0 atom stereocenters. The van der Waals surface area contributed by atoms with Gasteiger partial charge in [0.25, 0.3) is 0 Å². The zero-order valence-electron chi connectivity index (χ0n) is 23.0. The third kappa shape index (κ3) is 87.8. The van der Waals surface area contributed by atoms with Gasteiger partial charge in [-0.25, -0.2) is 0 Å². The first kappa shape index (κ1) is 44.1. The van der Waals surface area contributed by atoms with Crippen LogP contribution in [-0.4, -0.2) is 34.5 Å². The lowest BCUT2D eigenvalue weighted by molar-refractivity contribution is -0.135. The Hall–Kier alpha value is -2.96. The first-order chi connectivity index (χ1) is 17.9. The van der Waals surface area contributed by atoms with E-state index in [9.17, 15) is 4.79 Å². The molecule has 0 saturated carbocycles. The van der Waals surface area contributed by atoms with Crippen molar-refractivity contribution in [3.05, 3.63) is 0 Å². The van der Waals surface area contributed by atoms with Crippen LogP contribution in [0, 0.1) is 81.9 Å². The molecule has 0 aliphatic carbocycles. The number of rotatable bonds is 7. The van der Waals surface area contributed by atoms with E-state index >= 15 is 0 Å². The first-order valence-electron chi connectivity index (χ1n) is 12.2. The maximum Gasteiger partial charge on any atom is 0.315 e. The van der Waals surface area contributed by atoms with Crippen LogP contribution in [0.2, 0.25) is 0 Å². The number of hydrogen-bond donors (Lipinski definition) is 3. The largest absolute Gasteiger partial charge is 0.481 e. The van der Waals surface area contributed by atoms with E-state index in [1.807, 2.05) is 29.5 Å². The van der Waals surface area contributed by atoms with Gasteiger partial charge in [0.05, 0.1) is 13.2 Å². The SMILES string of the molecule is C#CCCC.C#CCCO.CCCC#CC#CCC(=O)O.CCCC#CC#CCCO.CCCC#CI. The van der Waals surface area contributed by atoms with Gasteiger partial charge in [-0.2, -0.15) is 0 Å². The molecule has 0 rings (SSSR count). The molecule has 0 amide bonds. The van der Waals surface area contributed by atoms with Gasteiger partial charge < -0.3 is 15.3 Å². The zero-order valence-corrected chi connectivity index (χ0v) is 25.1. The maximum atomic E-state index is 9.94. The van der Waals surface area contributed by atoms with Crippen molar-refractivity contribution in [3.8, 4) is 81.9 Å². The molecule has 202 valence electrons. The Labute approximate surface area is 241 Å². The van der Waals surface area contributed by atoms with Crippen LogP contribution >= 0.6 is 22.6 Å². The van der Waals surface area contributed by atoms with Crippen LogP contribution in [0.1, 0.15) is 98.3 Å². The van der Waals surface area contributed by atoms with Crippen LogP contribution in [0.4, 0.5) is 0 Å². The van der Waals surface area contributed by atoms with E-state index < -0.39 is 5.97 Å². The van der Waals surface area contributed by atoms with E-state index in [-0.39, 0.29) is 19.6 Å². The predicted octanol–water partition coefficient (Wildman–Crippen LogP) is 6.05. The van der Waals surface area contributed by atoms with Crippen molar-refractivity contribution in [2.75, 3.05) is 13.2 Å². The fourth-order valence-electron chi connectivity index (χ4n) is 1.17. The summed E-state index contributed by atoms with van der Waals surface area (Å²) in [5.41, 5.74) is 0. The van der Waals surface area contributed by atoms with E-state index in [4.69, 9.17) is 28.2 Å². The third-order valence-corrected chi connectivity index (χ3v) is 3.18. The Morgan fingerprint density at radius 2 is 1.00 bits per heavy atom. The summed E-state index contributed by atoms with van der Waals surface area (Å²) in [6.45, 7) is 8.54. The second-order valence-corrected chi connectivity index (χ2v) is 6.94. The van der Waals surface area contributed by atoms with Crippen molar-refractivity contribution >= 4 is 28.6 Å². The van der Waals surface area contributed by atoms with Crippen molar-refractivity contribution in [3.63, 3.8) is 0 Å². The number of hydrogen-bond acceptors (Lipinski definition) is 3. The quantitative estimate of drug-likeness (QED) is 0.240. The van der Waals surface area contributed by atoms with Crippen molar-refractivity contribution in [1.82, 2.24) is 0 Å². The van der Waals surface area contributed by atoms with Gasteiger partial charge in [0.2, 0.25) is 0 Å². The Morgan fingerprint density at radius 1 is 0.622 bits per heavy atom. The van der Waals surface area contributed by atoms with Crippen LogP contribution in [-0.2, 0) is 4.79 Å². The molecule has 0 aromatic heterocycles. The van der Waals surface area contributed by atoms with Gasteiger partial charge in [-0.1, -0.05) is 57.3 Å². The molecule has 0 fully saturated rings. The van der Waals surface area contributed by atoms with E-state index in [1.165, 1.54) is 6.42 Å². The van der Waals surface area contributed by atoms with Crippen LogP contribution < -0.4 is 0 Å². The summed E-state index contributed by atoms with van der Waals surface area (Å²) >= 11 is 2.05. The molecule has 0 radical (unpaired) electrons. The van der Waals surface area contributed by atoms with Crippen molar-refractivity contribution in [2.24, 2.45) is 0 Å². The summed E-state index contributed by atoms with van der Waals surface area (Å²) in [5, 5.41) is 24.4. The van der Waals surface area contributed by atoms with E-state index in [0.29, 0.717) is 12.8 Å². The average Bonchev–Trinajstić information content (AvgIpc) is 2.89. The van der Waals surface area contributed by atoms with E-state index in [0.717, 1.165) is 44.9 Å². The van der Waals surface area contributed by atoms with Crippen molar-refractivity contribution < 1.29 is 20.1 Å². The number of aliphatic hydroxyl groups excluding tert-OH is 2. The van der Waals surface area contributed by atoms with Crippen LogP contribution in [0.5, 0.6) is 0 Å². The number of aliphatic hydroxyl groups is 2. The summed E-state index contributed by atoms with van der Waals surface area (Å²) < 4.78 is 2.79. The molecule has 0 aromatic rings. The summed E-state index contributed by atoms with van der Waals surface area (Å²) in [5.74, 6) is 28.0. The molecule has 0 bridgehead atoms. The number of carboxylic acid groups (broad SMARTS) is 1. The molecular formula is C32H43IO4. The molecule has 0 aliphatic heterocycles. The first-order valence-corrected chi connectivity index (χ1v) is 13.3. The molecule has 5 heteroatoms. The second-order valence-electron chi connectivity index (χ2n) is 6.40. The average molecular weight is 619 g/mol. The molecule has 3 N–H and O–H groups in total. The summed E-state index contributed by atoms with van der Waals surface area (Å²) in [6, 6.07) is 0. The molecule has 0 aromatic carbocycles. The Bertz CT molecular complexity index is 842. The van der Waals surface area contributed by atoms with Crippen molar-refractivity contribution in [1.29, 1.82) is 0 Å². The van der Waals surface area contributed by atoms with Crippen molar-refractivity contribution in [2.45, 2.75) is 98.3 Å². The van der Waals surface area contributed by atoms with Gasteiger partial charge >= 0.3 is 5.97 Å². The number of carbonyl (C=O) groups is 1. The summed E-state index contributed by atoms with van der Waals surface area (Å²) in [6.07, 6.45) is 18.6. The standard InChI is InChI=1S/C9H10O2.C9H12O.C5H7I.C5H8.C4H6O/c1-2-3-4-5-6-7-8-9(10)11;1-2-3-4-5-6-7-8-9-10;1-2-3-4-5-6;1-3-5-4-2;1-2-3-4-5/h2-3,8H2,1H3,(H,10,11);10H,2-3,8-9H2,1H3;2-3H2,1H3;1H,4-5H2,2H3;1,5H,3-4H2. The minimum Gasteiger partial charge on any atom is -0.481 e. The highest BCUT2D eigenvalue weighted by Gasteiger charge is 1.86. The zero-order chi connectivity index (χ0) is 29.3. The number of aliphatic carboxylic acids is 1. The molecule has 0 aliphatic rings. The fourth-order valence-corrected chi connectivity index (χ4v) is 1.44. The Kier molecular flexibility index (Phi) is 64.4. The lowest BCUT2D eigenvalue weighted by atomic mass is 10.3. The van der Waals surface area contributed by atoms with Gasteiger partial charge in [0.15, 0.2) is 0 Å². The molecule has 4 nitrogen and oxygen atoms in total. The second kappa shape index (κ2) is 54.1. The number of terminal acetylenes is 2. The molecule has 0 unspecified atom stereocenters. The summed E-state index contributed by atoms with van der Waals surface area (Å²) in [7, 11) is 0. The van der Waals surface area contributed by atoms with Gasteiger partial charge in [0, 0.05) is 61.1 Å². The van der Waals surface area contributed by atoms with E-state index in [2.05, 4.69) is 89.8 Å². The number of carboxylic acids is 1. The number of halogens is 1. The highest BCUT2D eigenvalue weighted by Crippen LogP contribution is 1.82. The molecular weight excluding hydrogens is 575 g/mol. The van der Waals surface area contributed by atoms with Gasteiger partial charge in [0.1, 0.15) is 6.42 Å². The molecule has 37 heavy (non-hydrogen) atoms. The highest BCUT2D eigenvalue weighted by atomic mass is 127. The monoisotopic (exact) mass is 618 g/mol. The van der Waals surface area contributed by atoms with Crippen LogP contribution in [0.25, 0.3) is 0 Å². The molecule has 0 saturated heterocycles. The predicted molar refractivity (Wildman–Crippen MR) is 166 cm³/mol. The normalized spacial score (nSPS) is 6.73. The lowest BCUT2D eigenvalue weighted by Gasteiger charge is -1.75. The van der Waals surface area contributed by atoms with Gasteiger partial charge in [-0.15, -0.1) is 24.7 Å². The minimum atomic E-state index is -0.908.